The van der Waals surface area contributed by atoms with Gasteiger partial charge < -0.3 is 15.2 Å². The lowest BCUT2D eigenvalue weighted by Crippen LogP contribution is -2.50. The average molecular weight is 270 g/mol. The lowest BCUT2D eigenvalue weighted by atomic mass is 9.91. The van der Waals surface area contributed by atoms with Crippen molar-refractivity contribution < 1.29 is 9.84 Å². The molecule has 112 valence electrons. The smallest absolute Gasteiger partial charge is 0.0674 e. The molecule has 1 saturated carbocycles. The molecule has 2 fully saturated rings. The van der Waals surface area contributed by atoms with E-state index >= 15 is 0 Å². The molecule has 1 aliphatic carbocycles. The summed E-state index contributed by atoms with van der Waals surface area (Å²) < 4.78 is 5.56. The summed E-state index contributed by atoms with van der Waals surface area (Å²) >= 11 is 0. The molecule has 1 heterocycles. The van der Waals surface area contributed by atoms with Gasteiger partial charge in [-0.25, -0.2) is 0 Å². The molecule has 0 aromatic carbocycles. The number of hydrogen-bond acceptors (Lipinski definition) is 4. The van der Waals surface area contributed by atoms with Gasteiger partial charge in [0.2, 0.25) is 0 Å². The molecule has 0 spiro atoms. The van der Waals surface area contributed by atoms with E-state index in [-0.39, 0.29) is 12.1 Å². The standard InChI is InChI=1S/C15H30N2O2/c1-3-15(12-18,16-14-5-6-14)7-4-8-17-9-10-19-13(2)11-17/h13-14,16,18H,3-12H2,1-2H3. The second-order valence-corrected chi connectivity index (χ2v) is 6.30. The van der Waals surface area contributed by atoms with Gasteiger partial charge >= 0.3 is 0 Å². The minimum absolute atomic E-state index is 0.0426. The molecule has 2 unspecified atom stereocenters. The maximum Gasteiger partial charge on any atom is 0.0674 e. The predicted molar refractivity (Wildman–Crippen MR) is 77.4 cm³/mol. The Balaban J connectivity index is 1.71. The molecule has 4 heteroatoms. The van der Waals surface area contributed by atoms with Crippen LogP contribution in [0.5, 0.6) is 0 Å². The van der Waals surface area contributed by atoms with Crippen LogP contribution in [0.2, 0.25) is 0 Å². The Morgan fingerprint density at radius 3 is 2.79 bits per heavy atom. The van der Waals surface area contributed by atoms with Gasteiger partial charge in [-0.3, -0.25) is 4.90 Å². The Bertz CT molecular complexity index is 265. The number of nitrogens with zero attached hydrogens (tertiary/aromatic N) is 1. The maximum absolute atomic E-state index is 9.74. The van der Waals surface area contributed by atoms with Gasteiger partial charge in [0.25, 0.3) is 0 Å². The highest BCUT2D eigenvalue weighted by molar-refractivity contribution is 4.94. The fourth-order valence-corrected chi connectivity index (χ4v) is 2.98. The molecule has 1 aliphatic heterocycles. The number of ether oxygens (including phenoxy) is 1. The molecule has 0 bridgehead atoms. The van der Waals surface area contributed by atoms with Crippen molar-refractivity contribution in [1.82, 2.24) is 10.2 Å². The van der Waals surface area contributed by atoms with Crippen molar-refractivity contribution in [3.63, 3.8) is 0 Å². The number of aliphatic hydroxyl groups is 1. The molecule has 0 radical (unpaired) electrons. The second kappa shape index (κ2) is 7.02. The van der Waals surface area contributed by atoms with Crippen LogP contribution >= 0.6 is 0 Å². The number of morpholine rings is 1. The maximum atomic E-state index is 9.74. The SMILES string of the molecule is CCC(CO)(CCCN1CCOC(C)C1)NC1CC1. The topological polar surface area (TPSA) is 44.7 Å². The average Bonchev–Trinajstić information content (AvgIpc) is 3.21. The minimum atomic E-state index is -0.0426. The van der Waals surface area contributed by atoms with Crippen LogP contribution in [0.3, 0.4) is 0 Å². The van der Waals surface area contributed by atoms with Gasteiger partial charge in [0, 0.05) is 24.7 Å². The fourth-order valence-electron chi connectivity index (χ4n) is 2.98. The van der Waals surface area contributed by atoms with E-state index in [9.17, 15) is 5.11 Å². The zero-order chi connectivity index (χ0) is 13.7. The highest BCUT2D eigenvalue weighted by Crippen LogP contribution is 2.27. The van der Waals surface area contributed by atoms with Crippen molar-refractivity contribution in [2.75, 3.05) is 32.8 Å². The van der Waals surface area contributed by atoms with Crippen molar-refractivity contribution >= 4 is 0 Å². The molecule has 2 aliphatic rings. The van der Waals surface area contributed by atoms with E-state index in [0.717, 1.165) is 45.5 Å². The summed E-state index contributed by atoms with van der Waals surface area (Å²) in [6, 6.07) is 0.663. The van der Waals surface area contributed by atoms with Crippen LogP contribution in [-0.2, 0) is 4.74 Å². The van der Waals surface area contributed by atoms with E-state index in [1.165, 1.54) is 12.8 Å². The van der Waals surface area contributed by atoms with E-state index in [1.54, 1.807) is 0 Å². The number of hydrogen-bond donors (Lipinski definition) is 2. The van der Waals surface area contributed by atoms with Gasteiger partial charge in [-0.1, -0.05) is 6.92 Å². The van der Waals surface area contributed by atoms with Gasteiger partial charge in [-0.05, 0) is 45.6 Å². The van der Waals surface area contributed by atoms with E-state index in [1.807, 2.05) is 0 Å². The Kier molecular flexibility index (Phi) is 5.63. The quantitative estimate of drug-likeness (QED) is 0.699. The highest BCUT2D eigenvalue weighted by atomic mass is 16.5. The number of rotatable bonds is 8. The summed E-state index contributed by atoms with van der Waals surface area (Å²) in [5.41, 5.74) is -0.0426. The van der Waals surface area contributed by atoms with Crippen LogP contribution in [0.15, 0.2) is 0 Å². The Labute approximate surface area is 117 Å². The summed E-state index contributed by atoms with van der Waals surface area (Å²) in [7, 11) is 0. The third-order valence-corrected chi connectivity index (χ3v) is 4.52. The monoisotopic (exact) mass is 270 g/mol. The van der Waals surface area contributed by atoms with Crippen molar-refractivity contribution in [2.45, 2.75) is 63.6 Å². The summed E-state index contributed by atoms with van der Waals surface area (Å²) in [5.74, 6) is 0. The molecule has 0 aromatic rings. The minimum Gasteiger partial charge on any atom is -0.394 e. The lowest BCUT2D eigenvalue weighted by molar-refractivity contribution is -0.0195. The Hall–Kier alpha value is -0.160. The van der Waals surface area contributed by atoms with Crippen LogP contribution in [0.4, 0.5) is 0 Å². The van der Waals surface area contributed by atoms with Crippen molar-refractivity contribution in [3.8, 4) is 0 Å². The lowest BCUT2D eigenvalue weighted by Gasteiger charge is -2.35. The molecule has 1 saturated heterocycles. The first kappa shape index (κ1) is 15.2. The van der Waals surface area contributed by atoms with Crippen LogP contribution in [0.25, 0.3) is 0 Å². The Morgan fingerprint density at radius 2 is 2.21 bits per heavy atom. The summed E-state index contributed by atoms with van der Waals surface area (Å²) in [6.45, 7) is 8.68. The van der Waals surface area contributed by atoms with Gasteiger partial charge in [0.05, 0.1) is 19.3 Å². The first-order valence-electron chi connectivity index (χ1n) is 7.90. The molecule has 0 amide bonds. The largest absolute Gasteiger partial charge is 0.394 e. The Morgan fingerprint density at radius 1 is 1.42 bits per heavy atom. The van der Waals surface area contributed by atoms with Gasteiger partial charge in [0.1, 0.15) is 0 Å². The molecule has 2 atom stereocenters. The zero-order valence-corrected chi connectivity index (χ0v) is 12.5. The highest BCUT2D eigenvalue weighted by Gasteiger charge is 2.34. The molecule has 2 N–H and O–H groups in total. The van der Waals surface area contributed by atoms with Crippen LogP contribution < -0.4 is 5.32 Å². The van der Waals surface area contributed by atoms with E-state index in [4.69, 9.17) is 4.74 Å². The van der Waals surface area contributed by atoms with Crippen molar-refractivity contribution in [2.24, 2.45) is 0 Å². The first-order chi connectivity index (χ1) is 9.17. The van der Waals surface area contributed by atoms with E-state index in [0.29, 0.717) is 12.1 Å². The third kappa shape index (κ3) is 4.71. The zero-order valence-electron chi connectivity index (χ0n) is 12.5. The number of nitrogens with one attached hydrogen (secondary N) is 1. The molecular weight excluding hydrogens is 240 g/mol. The van der Waals surface area contributed by atoms with Gasteiger partial charge in [0.15, 0.2) is 0 Å². The molecule has 0 aromatic heterocycles. The van der Waals surface area contributed by atoms with E-state index < -0.39 is 0 Å². The predicted octanol–water partition coefficient (Wildman–Crippen LogP) is 1.38. The van der Waals surface area contributed by atoms with Crippen molar-refractivity contribution in [1.29, 1.82) is 0 Å². The summed E-state index contributed by atoms with van der Waals surface area (Å²) in [5, 5.41) is 13.4. The van der Waals surface area contributed by atoms with Crippen LogP contribution in [0, 0.1) is 0 Å². The molecular formula is C15H30N2O2. The summed E-state index contributed by atoms with van der Waals surface area (Å²) in [4.78, 5) is 2.49. The third-order valence-electron chi connectivity index (χ3n) is 4.52. The fraction of sp³-hybridized carbons (Fsp3) is 1.00. The second-order valence-electron chi connectivity index (χ2n) is 6.30. The van der Waals surface area contributed by atoms with Crippen LogP contribution in [0.1, 0.15) is 46.0 Å². The van der Waals surface area contributed by atoms with Crippen LogP contribution in [-0.4, -0.2) is 60.5 Å². The molecule has 4 nitrogen and oxygen atoms in total. The normalized spacial score (nSPS) is 28.3. The molecule has 19 heavy (non-hydrogen) atoms. The summed E-state index contributed by atoms with van der Waals surface area (Å²) in [6.07, 6.45) is 6.17. The van der Waals surface area contributed by atoms with E-state index in [2.05, 4.69) is 24.1 Å². The van der Waals surface area contributed by atoms with Gasteiger partial charge in [-0.2, -0.15) is 0 Å². The van der Waals surface area contributed by atoms with Crippen molar-refractivity contribution in [3.05, 3.63) is 0 Å². The molecule has 2 rings (SSSR count). The first-order valence-corrected chi connectivity index (χ1v) is 7.90. The number of aliphatic hydroxyl groups excluding tert-OH is 1. The van der Waals surface area contributed by atoms with Gasteiger partial charge in [-0.15, -0.1) is 0 Å².